The molecule has 0 saturated carbocycles. The van der Waals surface area contributed by atoms with Crippen LogP contribution in [-0.2, 0) is 9.53 Å². The van der Waals surface area contributed by atoms with Gasteiger partial charge < -0.3 is 20.3 Å². The van der Waals surface area contributed by atoms with E-state index in [2.05, 4.69) is 16.8 Å². The number of carbonyl (C=O) groups excluding carboxylic acids is 1. The summed E-state index contributed by atoms with van der Waals surface area (Å²) in [5, 5.41) is 0. The molecule has 3 heterocycles. The van der Waals surface area contributed by atoms with Crippen molar-refractivity contribution in [2.45, 2.75) is 19.4 Å². The van der Waals surface area contributed by atoms with Gasteiger partial charge in [0.1, 0.15) is 11.9 Å². The summed E-state index contributed by atoms with van der Waals surface area (Å²) >= 11 is 0. The number of nitrogen functional groups attached to an aromatic ring is 1. The predicted molar refractivity (Wildman–Crippen MR) is 81.0 cm³/mol. The van der Waals surface area contributed by atoms with Gasteiger partial charge in [0.25, 0.3) is 5.91 Å². The number of hydrogen-bond acceptors (Lipinski definition) is 5. The van der Waals surface area contributed by atoms with Crippen LogP contribution >= 0.6 is 0 Å². The summed E-state index contributed by atoms with van der Waals surface area (Å²) in [5.41, 5.74) is 6.66. The molecule has 2 aliphatic rings. The third kappa shape index (κ3) is 2.95. The highest BCUT2D eigenvalue weighted by Gasteiger charge is 2.35. The highest BCUT2D eigenvalue weighted by Crippen LogP contribution is 2.23. The Morgan fingerprint density at radius 3 is 2.67 bits per heavy atom. The number of anilines is 2. The first-order valence-electron chi connectivity index (χ1n) is 7.52. The van der Waals surface area contributed by atoms with Crippen molar-refractivity contribution in [3.05, 3.63) is 18.3 Å². The van der Waals surface area contributed by atoms with Gasteiger partial charge in [-0.05, 0) is 24.5 Å². The molecule has 3 rings (SSSR count). The lowest BCUT2D eigenvalue weighted by Gasteiger charge is -2.37. The van der Waals surface area contributed by atoms with Crippen molar-refractivity contribution in [1.82, 2.24) is 9.88 Å². The monoisotopic (exact) mass is 290 g/mol. The van der Waals surface area contributed by atoms with E-state index in [-0.39, 0.29) is 12.0 Å². The van der Waals surface area contributed by atoms with Crippen LogP contribution in [-0.4, -0.2) is 54.7 Å². The van der Waals surface area contributed by atoms with E-state index in [0.29, 0.717) is 18.3 Å². The molecule has 2 saturated heterocycles. The first-order valence-corrected chi connectivity index (χ1v) is 7.52. The Hall–Kier alpha value is -1.82. The summed E-state index contributed by atoms with van der Waals surface area (Å²) < 4.78 is 5.58. The zero-order valence-corrected chi connectivity index (χ0v) is 12.4. The average molecular weight is 290 g/mol. The van der Waals surface area contributed by atoms with Crippen LogP contribution in [0.1, 0.15) is 13.3 Å². The molecular formula is C15H22N4O2. The lowest BCUT2D eigenvalue weighted by molar-refractivity contribution is -0.142. The SMILES string of the molecule is CC1CCOC1C(=O)N1CCN(c2ccc(N)nc2)CC1. The number of nitrogens with zero attached hydrogens (tertiary/aromatic N) is 3. The third-order valence-electron chi connectivity index (χ3n) is 4.36. The van der Waals surface area contributed by atoms with Gasteiger partial charge in [-0.2, -0.15) is 0 Å². The Morgan fingerprint density at radius 2 is 2.10 bits per heavy atom. The minimum absolute atomic E-state index is 0.148. The fourth-order valence-corrected chi connectivity index (χ4v) is 2.96. The molecule has 6 nitrogen and oxygen atoms in total. The molecule has 114 valence electrons. The fourth-order valence-electron chi connectivity index (χ4n) is 2.96. The van der Waals surface area contributed by atoms with Gasteiger partial charge in [0.15, 0.2) is 0 Å². The smallest absolute Gasteiger partial charge is 0.252 e. The summed E-state index contributed by atoms with van der Waals surface area (Å²) in [6.45, 7) is 5.89. The summed E-state index contributed by atoms with van der Waals surface area (Å²) in [4.78, 5) is 20.7. The van der Waals surface area contributed by atoms with Crippen LogP contribution in [0.15, 0.2) is 18.3 Å². The molecule has 0 aromatic carbocycles. The molecule has 1 aromatic heterocycles. The molecule has 2 atom stereocenters. The lowest BCUT2D eigenvalue weighted by atomic mass is 10.0. The van der Waals surface area contributed by atoms with Gasteiger partial charge in [-0.25, -0.2) is 4.98 Å². The largest absolute Gasteiger partial charge is 0.384 e. The number of piperazine rings is 1. The quantitative estimate of drug-likeness (QED) is 0.869. The van der Waals surface area contributed by atoms with Crippen molar-refractivity contribution in [1.29, 1.82) is 0 Å². The minimum atomic E-state index is -0.241. The van der Waals surface area contributed by atoms with Gasteiger partial charge in [0.2, 0.25) is 0 Å². The molecule has 21 heavy (non-hydrogen) atoms. The van der Waals surface area contributed by atoms with E-state index in [1.807, 2.05) is 11.0 Å². The van der Waals surface area contributed by atoms with Crippen molar-refractivity contribution in [2.24, 2.45) is 5.92 Å². The molecular weight excluding hydrogens is 268 g/mol. The van der Waals surface area contributed by atoms with Crippen LogP contribution in [0.2, 0.25) is 0 Å². The van der Waals surface area contributed by atoms with Crippen molar-refractivity contribution in [2.75, 3.05) is 43.4 Å². The van der Waals surface area contributed by atoms with E-state index < -0.39 is 0 Å². The van der Waals surface area contributed by atoms with Gasteiger partial charge in [-0.1, -0.05) is 6.92 Å². The topological polar surface area (TPSA) is 71.7 Å². The second-order valence-electron chi connectivity index (χ2n) is 5.81. The second-order valence-corrected chi connectivity index (χ2v) is 5.81. The summed E-state index contributed by atoms with van der Waals surface area (Å²) in [6.07, 6.45) is 2.53. The molecule has 0 aliphatic carbocycles. The molecule has 0 radical (unpaired) electrons. The molecule has 1 amide bonds. The number of carbonyl (C=O) groups is 1. The van der Waals surface area contributed by atoms with Crippen molar-refractivity contribution in [3.8, 4) is 0 Å². The maximum absolute atomic E-state index is 12.5. The van der Waals surface area contributed by atoms with E-state index in [1.54, 1.807) is 12.3 Å². The molecule has 0 spiro atoms. The Labute approximate surface area is 124 Å². The van der Waals surface area contributed by atoms with Gasteiger partial charge in [0, 0.05) is 32.8 Å². The number of ether oxygens (including phenoxy) is 1. The highest BCUT2D eigenvalue weighted by atomic mass is 16.5. The number of hydrogen-bond donors (Lipinski definition) is 1. The first kappa shape index (κ1) is 14.1. The van der Waals surface area contributed by atoms with E-state index in [1.165, 1.54) is 0 Å². The molecule has 2 fully saturated rings. The summed E-state index contributed by atoms with van der Waals surface area (Å²) in [5.74, 6) is 1.01. The van der Waals surface area contributed by atoms with Crippen LogP contribution in [0, 0.1) is 5.92 Å². The van der Waals surface area contributed by atoms with E-state index in [0.717, 1.165) is 38.3 Å². The van der Waals surface area contributed by atoms with E-state index >= 15 is 0 Å². The Bertz CT molecular complexity index is 497. The Kier molecular flexibility index (Phi) is 3.96. The van der Waals surface area contributed by atoms with E-state index in [9.17, 15) is 4.79 Å². The van der Waals surface area contributed by atoms with Crippen molar-refractivity contribution >= 4 is 17.4 Å². The standard InChI is InChI=1S/C15H22N4O2/c1-11-4-9-21-14(11)15(20)19-7-5-18(6-8-19)12-2-3-13(16)17-10-12/h2-3,10-11,14H,4-9H2,1H3,(H2,16,17). The van der Waals surface area contributed by atoms with Gasteiger partial charge in [0.05, 0.1) is 11.9 Å². The Balaban J connectivity index is 1.57. The minimum Gasteiger partial charge on any atom is -0.384 e. The highest BCUT2D eigenvalue weighted by molar-refractivity contribution is 5.81. The van der Waals surface area contributed by atoms with Gasteiger partial charge >= 0.3 is 0 Å². The summed E-state index contributed by atoms with van der Waals surface area (Å²) in [6, 6.07) is 3.78. The summed E-state index contributed by atoms with van der Waals surface area (Å²) in [7, 11) is 0. The van der Waals surface area contributed by atoms with Crippen LogP contribution in [0.25, 0.3) is 0 Å². The fraction of sp³-hybridized carbons (Fsp3) is 0.600. The molecule has 6 heteroatoms. The number of aromatic nitrogens is 1. The van der Waals surface area contributed by atoms with E-state index in [4.69, 9.17) is 10.5 Å². The maximum atomic E-state index is 12.5. The number of rotatable bonds is 2. The maximum Gasteiger partial charge on any atom is 0.252 e. The van der Waals surface area contributed by atoms with Crippen LogP contribution < -0.4 is 10.6 Å². The van der Waals surface area contributed by atoms with Gasteiger partial charge in [-0.3, -0.25) is 4.79 Å². The zero-order valence-electron chi connectivity index (χ0n) is 12.4. The normalized spacial score (nSPS) is 26.1. The molecule has 2 N–H and O–H groups in total. The molecule has 2 aliphatic heterocycles. The number of amides is 1. The van der Waals surface area contributed by atoms with Gasteiger partial charge in [-0.15, -0.1) is 0 Å². The number of pyridine rings is 1. The zero-order chi connectivity index (χ0) is 14.8. The average Bonchev–Trinajstić information content (AvgIpc) is 2.94. The van der Waals surface area contributed by atoms with Crippen LogP contribution in [0.4, 0.5) is 11.5 Å². The van der Waals surface area contributed by atoms with Crippen molar-refractivity contribution < 1.29 is 9.53 Å². The van der Waals surface area contributed by atoms with Crippen LogP contribution in [0.3, 0.4) is 0 Å². The Morgan fingerprint density at radius 1 is 1.33 bits per heavy atom. The molecule has 1 aromatic rings. The predicted octanol–water partition coefficient (Wildman–Crippen LogP) is 0.737. The lowest BCUT2D eigenvalue weighted by Crippen LogP contribution is -2.52. The third-order valence-corrected chi connectivity index (χ3v) is 4.36. The van der Waals surface area contributed by atoms with Crippen molar-refractivity contribution in [3.63, 3.8) is 0 Å². The number of nitrogens with two attached hydrogens (primary N) is 1. The molecule has 0 bridgehead atoms. The van der Waals surface area contributed by atoms with Crippen LogP contribution in [0.5, 0.6) is 0 Å². The molecule has 2 unspecified atom stereocenters. The second kappa shape index (κ2) is 5.89. The first-order chi connectivity index (χ1) is 10.1.